The van der Waals surface area contributed by atoms with Gasteiger partial charge in [0.25, 0.3) is 0 Å². The third-order valence-electron chi connectivity index (χ3n) is 5.39. The monoisotopic (exact) mass is 283 g/mol. The van der Waals surface area contributed by atoms with Crippen molar-refractivity contribution in [1.29, 1.82) is 0 Å². The molecule has 4 heteroatoms. The lowest BCUT2D eigenvalue weighted by Gasteiger charge is -2.48. The number of aromatic nitrogens is 3. The van der Waals surface area contributed by atoms with Crippen molar-refractivity contribution >= 4 is 0 Å². The van der Waals surface area contributed by atoms with E-state index in [2.05, 4.69) is 24.2 Å². The molecule has 1 aromatic heterocycles. The maximum atomic E-state index is 4.77. The van der Waals surface area contributed by atoms with Crippen LogP contribution in [0.4, 0.5) is 0 Å². The van der Waals surface area contributed by atoms with Crippen LogP contribution in [-0.4, -0.2) is 39.1 Å². The van der Waals surface area contributed by atoms with Crippen LogP contribution in [0.3, 0.4) is 0 Å². The highest BCUT2D eigenvalue weighted by molar-refractivity contribution is 5.29. The molecule has 5 rings (SSSR count). The van der Waals surface area contributed by atoms with Crippen LogP contribution in [0, 0.1) is 12.8 Å². The highest BCUT2D eigenvalue weighted by atomic mass is 15.5. The fourth-order valence-corrected chi connectivity index (χ4v) is 3.92. The van der Waals surface area contributed by atoms with Gasteiger partial charge in [0.15, 0.2) is 0 Å². The predicted molar refractivity (Wildman–Crippen MR) is 82.0 cm³/mol. The Kier molecular flexibility index (Phi) is 3.07. The first-order valence-electron chi connectivity index (χ1n) is 8.07. The van der Waals surface area contributed by atoms with Crippen molar-refractivity contribution in [2.24, 2.45) is 5.92 Å². The molecule has 2 bridgehead atoms. The molecule has 0 N–H and O–H groups in total. The zero-order chi connectivity index (χ0) is 14.3. The van der Waals surface area contributed by atoms with E-state index in [1.54, 1.807) is 4.80 Å². The molecule has 3 fully saturated rings. The van der Waals surface area contributed by atoms with Gasteiger partial charge in [-0.05, 0) is 44.2 Å². The number of fused-ring (bicyclic) bond motifs is 3. The van der Waals surface area contributed by atoms with Crippen molar-refractivity contribution in [2.45, 2.75) is 32.7 Å². The second-order valence-corrected chi connectivity index (χ2v) is 6.76. The predicted octanol–water partition coefficient (Wildman–Crippen LogP) is 2.71. The molecule has 0 spiro atoms. The van der Waals surface area contributed by atoms with Gasteiger partial charge in [-0.1, -0.05) is 18.2 Å². The van der Waals surface area contributed by atoms with Crippen molar-refractivity contribution in [1.82, 2.24) is 15.0 Å². The van der Waals surface area contributed by atoms with Crippen molar-refractivity contribution < 1.29 is 4.48 Å². The second kappa shape index (κ2) is 4.95. The molecule has 0 unspecified atom stereocenters. The van der Waals surface area contributed by atoms with Crippen LogP contribution in [0.1, 0.15) is 30.7 Å². The quantitative estimate of drug-likeness (QED) is 0.811. The number of hydrogen-bond acceptors (Lipinski definition) is 2. The van der Waals surface area contributed by atoms with Crippen molar-refractivity contribution in [3.63, 3.8) is 0 Å². The van der Waals surface area contributed by atoms with E-state index < -0.39 is 0 Å². The summed E-state index contributed by atoms with van der Waals surface area (Å²) in [6.45, 7) is 7.16. The van der Waals surface area contributed by atoms with Crippen LogP contribution >= 0.6 is 0 Å². The minimum Gasteiger partial charge on any atom is -0.318 e. The molecule has 0 radical (unpaired) electrons. The summed E-state index contributed by atoms with van der Waals surface area (Å²) in [4.78, 5) is 1.79. The number of quaternary nitrogens is 1. The average molecular weight is 283 g/mol. The lowest BCUT2D eigenvalue weighted by molar-refractivity contribution is -0.955. The van der Waals surface area contributed by atoms with Gasteiger partial charge in [0.2, 0.25) is 0 Å². The number of nitrogens with zero attached hydrogens (tertiary/aromatic N) is 4. The maximum Gasteiger partial charge on any atom is 0.140 e. The Hall–Kier alpha value is -1.68. The Morgan fingerprint density at radius 3 is 2.38 bits per heavy atom. The summed E-state index contributed by atoms with van der Waals surface area (Å²) in [6.07, 6.45) is 4.23. The van der Waals surface area contributed by atoms with E-state index in [4.69, 9.17) is 5.10 Å². The lowest BCUT2D eigenvalue weighted by atomic mass is 9.85. The Morgan fingerprint density at radius 1 is 1.05 bits per heavy atom. The highest BCUT2D eigenvalue weighted by Gasteiger charge is 2.40. The normalized spacial score (nSPS) is 28.0. The number of para-hydroxylation sites is 1. The lowest BCUT2D eigenvalue weighted by Crippen LogP contribution is -2.57. The molecule has 2 aromatic rings. The molecule has 1 aromatic carbocycles. The molecule has 3 aliphatic heterocycles. The molecule has 4 heterocycles. The number of hydrogen-bond donors (Lipinski definition) is 0. The minimum absolute atomic E-state index is 1.01. The Morgan fingerprint density at radius 2 is 1.71 bits per heavy atom. The highest BCUT2D eigenvalue weighted by Crippen LogP contribution is 2.35. The molecule has 21 heavy (non-hydrogen) atoms. The van der Waals surface area contributed by atoms with E-state index in [0.717, 1.165) is 23.8 Å². The molecule has 0 amide bonds. The number of benzene rings is 1. The van der Waals surface area contributed by atoms with Crippen LogP contribution in [0.25, 0.3) is 5.69 Å². The summed E-state index contributed by atoms with van der Waals surface area (Å²) >= 11 is 0. The topological polar surface area (TPSA) is 30.7 Å². The van der Waals surface area contributed by atoms with Crippen LogP contribution in [0.5, 0.6) is 0 Å². The Labute approximate surface area is 126 Å². The van der Waals surface area contributed by atoms with E-state index in [1.165, 1.54) is 49.1 Å². The number of aryl methyl sites for hydroxylation is 1. The molecule has 0 atom stereocenters. The van der Waals surface area contributed by atoms with E-state index in [9.17, 15) is 0 Å². The summed E-state index contributed by atoms with van der Waals surface area (Å²) in [5, 5.41) is 9.39. The van der Waals surface area contributed by atoms with Crippen LogP contribution in [0.15, 0.2) is 30.3 Å². The van der Waals surface area contributed by atoms with Crippen LogP contribution in [0.2, 0.25) is 0 Å². The fraction of sp³-hybridized carbons (Fsp3) is 0.529. The Balaban J connectivity index is 1.60. The van der Waals surface area contributed by atoms with Crippen molar-refractivity contribution in [3.8, 4) is 5.69 Å². The standard InChI is InChI=1S/C17H23N4/c1-14-17(13-21-10-7-15(8-11-21)9-12-21)19-20(18-14)16-5-3-2-4-6-16/h2-6,15H,7-13H2,1H3/q+1. The molecular formula is C17H23N4+. The molecule has 110 valence electrons. The van der Waals surface area contributed by atoms with Gasteiger partial charge in [-0.3, -0.25) is 0 Å². The third-order valence-corrected chi connectivity index (χ3v) is 5.39. The summed E-state index contributed by atoms with van der Waals surface area (Å²) in [5.74, 6) is 1.01. The molecule has 0 aliphatic carbocycles. The second-order valence-electron chi connectivity index (χ2n) is 6.76. The SMILES string of the molecule is Cc1nn(-c2ccccc2)nc1C[N+]12CCC(CC1)CC2. The summed E-state index contributed by atoms with van der Waals surface area (Å²) in [5.41, 5.74) is 3.31. The first kappa shape index (κ1) is 13.0. The molecule has 3 saturated heterocycles. The van der Waals surface area contributed by atoms with Gasteiger partial charge < -0.3 is 4.48 Å². The maximum absolute atomic E-state index is 4.77. The van der Waals surface area contributed by atoms with E-state index >= 15 is 0 Å². The number of piperidine rings is 3. The van der Waals surface area contributed by atoms with Gasteiger partial charge in [0, 0.05) is 0 Å². The van der Waals surface area contributed by atoms with Gasteiger partial charge >= 0.3 is 0 Å². The van der Waals surface area contributed by atoms with E-state index in [1.807, 2.05) is 18.2 Å². The van der Waals surface area contributed by atoms with Crippen LogP contribution < -0.4 is 0 Å². The summed E-state index contributed by atoms with van der Waals surface area (Å²) in [7, 11) is 0. The van der Waals surface area contributed by atoms with Crippen molar-refractivity contribution in [3.05, 3.63) is 41.7 Å². The first-order valence-corrected chi connectivity index (χ1v) is 8.07. The van der Waals surface area contributed by atoms with E-state index in [0.29, 0.717) is 0 Å². The van der Waals surface area contributed by atoms with Gasteiger partial charge in [0.1, 0.15) is 12.2 Å². The van der Waals surface area contributed by atoms with Gasteiger partial charge in [-0.15, -0.1) is 5.10 Å². The fourth-order valence-electron chi connectivity index (χ4n) is 3.92. The molecule has 3 aliphatic rings. The summed E-state index contributed by atoms with van der Waals surface area (Å²) in [6, 6.07) is 10.2. The molecule has 0 saturated carbocycles. The first-order chi connectivity index (χ1) is 10.2. The van der Waals surface area contributed by atoms with Crippen molar-refractivity contribution in [2.75, 3.05) is 19.6 Å². The number of rotatable bonds is 3. The van der Waals surface area contributed by atoms with Crippen LogP contribution in [-0.2, 0) is 6.54 Å². The molecule has 4 nitrogen and oxygen atoms in total. The zero-order valence-electron chi connectivity index (χ0n) is 12.7. The zero-order valence-corrected chi connectivity index (χ0v) is 12.7. The smallest absolute Gasteiger partial charge is 0.140 e. The Bertz CT molecular complexity index is 610. The van der Waals surface area contributed by atoms with E-state index in [-0.39, 0.29) is 0 Å². The molecular weight excluding hydrogens is 260 g/mol. The minimum atomic E-state index is 1.01. The largest absolute Gasteiger partial charge is 0.318 e. The van der Waals surface area contributed by atoms with Gasteiger partial charge in [-0.2, -0.15) is 9.90 Å². The van der Waals surface area contributed by atoms with Gasteiger partial charge in [-0.25, -0.2) is 0 Å². The summed E-state index contributed by atoms with van der Waals surface area (Å²) < 4.78 is 1.24. The third kappa shape index (κ3) is 2.38. The van der Waals surface area contributed by atoms with Gasteiger partial charge in [0.05, 0.1) is 31.0 Å². The average Bonchev–Trinajstić information content (AvgIpc) is 2.90.